The fourth-order valence-corrected chi connectivity index (χ4v) is 2.37. The molecule has 0 saturated carbocycles. The summed E-state index contributed by atoms with van der Waals surface area (Å²) in [5.41, 5.74) is 0. The van der Waals surface area contributed by atoms with E-state index in [0.29, 0.717) is 0 Å². The van der Waals surface area contributed by atoms with Crippen LogP contribution in [-0.4, -0.2) is 26.2 Å². The lowest BCUT2D eigenvalue weighted by Gasteiger charge is -1.95. The molecule has 0 bridgehead atoms. The number of Topliss-reactive ketones (excluding diaryl/α,β-unsaturated/α-hetero) is 1. The van der Waals surface area contributed by atoms with Crippen LogP contribution in [0.5, 0.6) is 0 Å². The van der Waals surface area contributed by atoms with Gasteiger partial charge in [-0.05, 0) is 11.4 Å². The molecule has 0 aliphatic rings. The lowest BCUT2D eigenvalue weighted by Crippen LogP contribution is -2.15. The number of hydrogen-bond donors (Lipinski definition) is 0. The molecule has 1 heterocycles. The Bertz CT molecular complexity index is 376. The molecule has 0 unspecified atom stereocenters. The Kier molecular flexibility index (Phi) is 3.22. The summed E-state index contributed by atoms with van der Waals surface area (Å²) in [6.45, 7) is 0. The summed E-state index contributed by atoms with van der Waals surface area (Å²) in [5, 5.41) is 1.86. The highest BCUT2D eigenvalue weighted by Crippen LogP contribution is 2.09. The molecule has 13 heavy (non-hydrogen) atoms. The Morgan fingerprint density at radius 1 is 1.54 bits per heavy atom. The normalized spacial score (nSPS) is 11.5. The van der Waals surface area contributed by atoms with E-state index in [0.717, 1.165) is 11.1 Å². The van der Waals surface area contributed by atoms with Gasteiger partial charge in [-0.3, -0.25) is 4.79 Å². The Hall–Kier alpha value is -0.680. The highest BCUT2D eigenvalue weighted by molar-refractivity contribution is 7.91. The van der Waals surface area contributed by atoms with E-state index >= 15 is 0 Å². The summed E-state index contributed by atoms with van der Waals surface area (Å²) in [4.78, 5) is 12.1. The molecular weight excluding hydrogens is 208 g/mol. The van der Waals surface area contributed by atoms with Gasteiger partial charge in [0.15, 0.2) is 15.6 Å². The van der Waals surface area contributed by atoms with Crippen molar-refractivity contribution in [1.29, 1.82) is 0 Å². The van der Waals surface area contributed by atoms with Crippen LogP contribution in [0, 0.1) is 0 Å². The summed E-state index contributed by atoms with van der Waals surface area (Å²) in [6.07, 6.45) is 1.30. The maximum atomic E-state index is 11.2. The van der Waals surface area contributed by atoms with Crippen molar-refractivity contribution >= 4 is 27.0 Å². The van der Waals surface area contributed by atoms with Gasteiger partial charge in [-0.25, -0.2) is 8.42 Å². The van der Waals surface area contributed by atoms with Gasteiger partial charge in [-0.15, -0.1) is 11.3 Å². The van der Waals surface area contributed by atoms with Gasteiger partial charge in [0.1, 0.15) is 5.75 Å². The molecule has 0 atom stereocenters. The van der Waals surface area contributed by atoms with Crippen LogP contribution in [0.25, 0.3) is 0 Å². The molecule has 0 spiro atoms. The summed E-state index contributed by atoms with van der Waals surface area (Å²) in [6, 6.07) is 3.67. The van der Waals surface area contributed by atoms with Crippen LogP contribution in [0.15, 0.2) is 17.5 Å². The largest absolute Gasteiger partial charge is 0.298 e. The number of carbonyl (C=O) groups excluding carboxylic acids is 1. The molecule has 1 aromatic rings. The van der Waals surface area contributed by atoms with E-state index in [2.05, 4.69) is 0 Å². The minimum atomic E-state index is -3.17. The predicted molar refractivity (Wildman–Crippen MR) is 52.7 cm³/mol. The minimum Gasteiger partial charge on any atom is -0.298 e. The molecule has 72 valence electrons. The molecule has 0 N–H and O–H groups in total. The van der Waals surface area contributed by atoms with Gasteiger partial charge in [0.05, 0.1) is 0 Å². The first-order chi connectivity index (χ1) is 5.97. The van der Waals surface area contributed by atoms with Gasteiger partial charge >= 0.3 is 0 Å². The average Bonchev–Trinajstić information content (AvgIpc) is 2.34. The van der Waals surface area contributed by atoms with Gasteiger partial charge < -0.3 is 0 Å². The summed E-state index contributed by atoms with van der Waals surface area (Å²) in [7, 11) is -3.17. The number of carbonyl (C=O) groups is 1. The molecular formula is C8H10O3S2. The monoisotopic (exact) mass is 218 g/mol. The van der Waals surface area contributed by atoms with Gasteiger partial charge in [-0.1, -0.05) is 6.07 Å². The Morgan fingerprint density at radius 3 is 2.69 bits per heavy atom. The first-order valence-corrected chi connectivity index (χ1v) is 6.63. The third-order valence-electron chi connectivity index (χ3n) is 1.37. The quantitative estimate of drug-likeness (QED) is 0.754. The van der Waals surface area contributed by atoms with Gasteiger partial charge in [-0.2, -0.15) is 0 Å². The Morgan fingerprint density at radius 2 is 2.23 bits per heavy atom. The van der Waals surface area contributed by atoms with Gasteiger partial charge in [0.2, 0.25) is 0 Å². The molecule has 0 fully saturated rings. The van der Waals surface area contributed by atoms with E-state index in [1.54, 1.807) is 0 Å². The number of sulfone groups is 1. The summed E-state index contributed by atoms with van der Waals surface area (Å²) >= 11 is 1.46. The highest BCUT2D eigenvalue weighted by atomic mass is 32.2. The number of ketones is 1. The molecule has 0 aliphatic carbocycles. The van der Waals surface area contributed by atoms with E-state index in [9.17, 15) is 13.2 Å². The van der Waals surface area contributed by atoms with Crippen molar-refractivity contribution in [2.45, 2.75) is 6.42 Å². The molecule has 0 aliphatic heterocycles. The second kappa shape index (κ2) is 4.02. The molecule has 0 amide bonds. The van der Waals surface area contributed by atoms with Crippen molar-refractivity contribution in [3.63, 3.8) is 0 Å². The lowest BCUT2D eigenvalue weighted by atomic mass is 10.3. The standard InChI is InChI=1S/C8H10O3S2/c1-13(10,11)6-7(9)5-8-3-2-4-12-8/h2-4H,5-6H2,1H3. The van der Waals surface area contributed by atoms with Gasteiger partial charge in [0, 0.05) is 17.6 Å². The van der Waals surface area contributed by atoms with E-state index < -0.39 is 9.84 Å². The molecule has 1 aromatic heterocycles. The number of hydrogen-bond acceptors (Lipinski definition) is 4. The van der Waals surface area contributed by atoms with E-state index in [4.69, 9.17) is 0 Å². The molecule has 5 heteroatoms. The number of rotatable bonds is 4. The molecule has 1 rings (SSSR count). The van der Waals surface area contributed by atoms with E-state index in [1.165, 1.54) is 11.3 Å². The van der Waals surface area contributed by atoms with Crippen molar-refractivity contribution in [3.8, 4) is 0 Å². The van der Waals surface area contributed by atoms with Crippen LogP contribution in [0.4, 0.5) is 0 Å². The van der Waals surface area contributed by atoms with Crippen molar-refractivity contribution in [1.82, 2.24) is 0 Å². The predicted octanol–water partition coefficient (Wildman–Crippen LogP) is 0.904. The molecule has 0 aromatic carbocycles. The lowest BCUT2D eigenvalue weighted by molar-refractivity contribution is -0.116. The molecule has 0 radical (unpaired) electrons. The van der Waals surface area contributed by atoms with Crippen LogP contribution >= 0.6 is 11.3 Å². The van der Waals surface area contributed by atoms with Crippen LogP contribution < -0.4 is 0 Å². The van der Waals surface area contributed by atoms with E-state index in [-0.39, 0.29) is 18.0 Å². The van der Waals surface area contributed by atoms with Gasteiger partial charge in [0.25, 0.3) is 0 Å². The third-order valence-corrected chi connectivity index (χ3v) is 3.10. The third kappa shape index (κ3) is 4.19. The molecule has 3 nitrogen and oxygen atoms in total. The zero-order valence-electron chi connectivity index (χ0n) is 7.19. The Balaban J connectivity index is 2.53. The first-order valence-electron chi connectivity index (χ1n) is 3.69. The fraction of sp³-hybridized carbons (Fsp3) is 0.375. The second-order valence-corrected chi connectivity index (χ2v) is 6.04. The second-order valence-electron chi connectivity index (χ2n) is 2.86. The van der Waals surface area contributed by atoms with Crippen molar-refractivity contribution in [2.75, 3.05) is 12.0 Å². The zero-order valence-corrected chi connectivity index (χ0v) is 8.82. The minimum absolute atomic E-state index is 0.227. The van der Waals surface area contributed by atoms with Crippen molar-refractivity contribution in [3.05, 3.63) is 22.4 Å². The fourth-order valence-electron chi connectivity index (χ4n) is 0.951. The maximum Gasteiger partial charge on any atom is 0.154 e. The zero-order chi connectivity index (χ0) is 9.90. The smallest absolute Gasteiger partial charge is 0.154 e. The van der Waals surface area contributed by atoms with Crippen molar-refractivity contribution in [2.24, 2.45) is 0 Å². The van der Waals surface area contributed by atoms with Crippen LogP contribution in [0.2, 0.25) is 0 Å². The maximum absolute atomic E-state index is 11.2. The van der Waals surface area contributed by atoms with Crippen molar-refractivity contribution < 1.29 is 13.2 Å². The topological polar surface area (TPSA) is 51.2 Å². The summed E-state index contributed by atoms with van der Waals surface area (Å²) < 4.78 is 21.5. The SMILES string of the molecule is CS(=O)(=O)CC(=O)Cc1cccs1. The summed E-state index contributed by atoms with van der Waals surface area (Å²) in [5.74, 6) is -0.602. The highest BCUT2D eigenvalue weighted by Gasteiger charge is 2.11. The van der Waals surface area contributed by atoms with E-state index in [1.807, 2.05) is 17.5 Å². The Labute approximate surface area is 81.3 Å². The average molecular weight is 218 g/mol. The van der Waals surface area contributed by atoms with Crippen LogP contribution in [-0.2, 0) is 21.1 Å². The molecule has 0 saturated heterocycles. The van der Waals surface area contributed by atoms with Crippen LogP contribution in [0.1, 0.15) is 4.88 Å². The number of thiophene rings is 1. The first kappa shape index (κ1) is 10.4. The van der Waals surface area contributed by atoms with Crippen LogP contribution in [0.3, 0.4) is 0 Å².